The minimum Gasteiger partial charge on any atom is -0.370 e. The molecule has 0 amide bonds. The molecule has 0 spiro atoms. The van der Waals surface area contributed by atoms with Crippen LogP contribution < -0.4 is 4.90 Å². The molecule has 1 aliphatic carbocycles. The van der Waals surface area contributed by atoms with Crippen LogP contribution in [0.5, 0.6) is 0 Å². The van der Waals surface area contributed by atoms with Crippen LogP contribution in [0, 0.1) is 0 Å². The van der Waals surface area contributed by atoms with Crippen molar-refractivity contribution in [3.05, 3.63) is 27.7 Å². The second-order valence-electron chi connectivity index (χ2n) is 4.89. The molecule has 0 unspecified atom stereocenters. The van der Waals surface area contributed by atoms with Gasteiger partial charge in [0.15, 0.2) is 5.78 Å². The van der Waals surface area contributed by atoms with Crippen molar-refractivity contribution in [3.63, 3.8) is 0 Å². The van der Waals surface area contributed by atoms with Crippen LogP contribution in [-0.2, 0) is 0 Å². The maximum absolute atomic E-state index is 11.6. The maximum atomic E-state index is 11.6. The van der Waals surface area contributed by atoms with Crippen LogP contribution in [0.4, 0.5) is 5.69 Å². The number of nitrogens with zero attached hydrogens (tertiary/aromatic N) is 1. The van der Waals surface area contributed by atoms with Gasteiger partial charge in [-0.15, -0.1) is 0 Å². The summed E-state index contributed by atoms with van der Waals surface area (Å²) >= 11 is 12.4. The summed E-state index contributed by atoms with van der Waals surface area (Å²) in [6.07, 6.45) is 4.86. The van der Waals surface area contributed by atoms with Crippen molar-refractivity contribution in [1.29, 1.82) is 0 Å². The van der Waals surface area contributed by atoms with Crippen LogP contribution in [0.25, 0.3) is 0 Å². The lowest BCUT2D eigenvalue weighted by atomic mass is 10.1. The first-order valence-electron chi connectivity index (χ1n) is 6.23. The molecule has 0 aromatic heterocycles. The molecule has 1 fully saturated rings. The Morgan fingerprint density at radius 2 is 1.89 bits per heavy atom. The molecule has 4 heteroatoms. The summed E-state index contributed by atoms with van der Waals surface area (Å²) in [4.78, 5) is 13.7. The maximum Gasteiger partial charge on any atom is 0.161 e. The third-order valence-corrected chi connectivity index (χ3v) is 4.27. The molecule has 1 aromatic rings. The minimum absolute atomic E-state index is 0.0522. The number of anilines is 1. The van der Waals surface area contributed by atoms with E-state index in [4.69, 9.17) is 23.2 Å². The van der Waals surface area contributed by atoms with Gasteiger partial charge in [0.05, 0.1) is 10.7 Å². The fraction of sp³-hybridized carbons (Fsp3) is 0.500. The molecule has 0 atom stereocenters. The third-order valence-electron chi connectivity index (χ3n) is 3.65. The lowest BCUT2D eigenvalue weighted by Crippen LogP contribution is -2.29. The first kappa shape index (κ1) is 13.7. The smallest absolute Gasteiger partial charge is 0.161 e. The van der Waals surface area contributed by atoms with E-state index in [-0.39, 0.29) is 5.78 Å². The van der Waals surface area contributed by atoms with Crippen LogP contribution in [0.1, 0.15) is 43.0 Å². The summed E-state index contributed by atoms with van der Waals surface area (Å²) in [7, 11) is 2.03. The van der Waals surface area contributed by atoms with E-state index in [1.54, 1.807) is 6.07 Å². The van der Waals surface area contributed by atoms with E-state index in [2.05, 4.69) is 4.90 Å². The quantitative estimate of drug-likeness (QED) is 0.758. The summed E-state index contributed by atoms with van der Waals surface area (Å²) in [5, 5.41) is 1.07. The molecule has 2 nitrogen and oxygen atoms in total. The Hall–Kier alpha value is -0.730. The van der Waals surface area contributed by atoms with Gasteiger partial charge in [-0.25, -0.2) is 0 Å². The van der Waals surface area contributed by atoms with E-state index in [1.807, 2.05) is 13.1 Å². The predicted octanol–water partition coefficient (Wildman–Crippen LogP) is 4.57. The Morgan fingerprint density at radius 1 is 1.28 bits per heavy atom. The highest BCUT2D eigenvalue weighted by atomic mass is 35.5. The first-order chi connectivity index (χ1) is 8.50. The zero-order valence-electron chi connectivity index (χ0n) is 10.7. The van der Waals surface area contributed by atoms with E-state index in [9.17, 15) is 4.79 Å². The van der Waals surface area contributed by atoms with Crippen molar-refractivity contribution in [3.8, 4) is 0 Å². The van der Waals surface area contributed by atoms with Crippen molar-refractivity contribution < 1.29 is 4.79 Å². The summed E-state index contributed by atoms with van der Waals surface area (Å²) in [5.74, 6) is -0.0522. The van der Waals surface area contributed by atoms with Gasteiger partial charge in [-0.2, -0.15) is 0 Å². The fourth-order valence-electron chi connectivity index (χ4n) is 2.58. The molecule has 0 N–H and O–H groups in total. The molecule has 2 rings (SSSR count). The van der Waals surface area contributed by atoms with Crippen LogP contribution >= 0.6 is 23.2 Å². The zero-order chi connectivity index (χ0) is 13.3. The molecule has 1 aliphatic rings. The normalized spacial score (nSPS) is 16.0. The van der Waals surface area contributed by atoms with Crippen LogP contribution in [0.2, 0.25) is 10.0 Å². The Morgan fingerprint density at radius 3 is 2.44 bits per heavy atom. The van der Waals surface area contributed by atoms with Gasteiger partial charge in [0, 0.05) is 23.7 Å². The van der Waals surface area contributed by atoms with Gasteiger partial charge in [-0.3, -0.25) is 4.79 Å². The number of benzene rings is 1. The van der Waals surface area contributed by atoms with Crippen molar-refractivity contribution in [2.24, 2.45) is 0 Å². The Labute approximate surface area is 118 Å². The average Bonchev–Trinajstić information content (AvgIpc) is 2.84. The molecular weight excluding hydrogens is 269 g/mol. The van der Waals surface area contributed by atoms with Gasteiger partial charge >= 0.3 is 0 Å². The number of carbonyl (C=O) groups excluding carboxylic acids is 1. The van der Waals surface area contributed by atoms with E-state index >= 15 is 0 Å². The predicted molar refractivity (Wildman–Crippen MR) is 77.1 cm³/mol. The lowest BCUT2D eigenvalue weighted by Gasteiger charge is -2.28. The largest absolute Gasteiger partial charge is 0.370 e. The van der Waals surface area contributed by atoms with Crippen LogP contribution in [-0.4, -0.2) is 18.9 Å². The monoisotopic (exact) mass is 285 g/mol. The van der Waals surface area contributed by atoms with E-state index in [1.165, 1.54) is 32.6 Å². The molecule has 0 bridgehead atoms. The Kier molecular flexibility index (Phi) is 4.18. The minimum atomic E-state index is -0.0522. The van der Waals surface area contributed by atoms with E-state index in [0.29, 0.717) is 21.7 Å². The number of carbonyl (C=O) groups is 1. The molecule has 98 valence electrons. The SMILES string of the molecule is CC(=O)c1cc(Cl)cc(N(C)C2CCCC2)c1Cl. The molecule has 0 aliphatic heterocycles. The lowest BCUT2D eigenvalue weighted by molar-refractivity contribution is 0.101. The number of ketones is 1. The van der Waals surface area contributed by atoms with Crippen molar-refractivity contribution in [2.45, 2.75) is 38.6 Å². The topological polar surface area (TPSA) is 20.3 Å². The van der Waals surface area contributed by atoms with Gasteiger partial charge in [-0.1, -0.05) is 36.0 Å². The highest BCUT2D eigenvalue weighted by Crippen LogP contribution is 2.36. The first-order valence-corrected chi connectivity index (χ1v) is 6.99. The van der Waals surface area contributed by atoms with Gasteiger partial charge in [-0.05, 0) is 31.9 Å². The second kappa shape index (κ2) is 5.50. The van der Waals surface area contributed by atoms with Crippen molar-refractivity contribution >= 4 is 34.7 Å². The Balaban J connectivity index is 2.40. The number of hydrogen-bond donors (Lipinski definition) is 0. The summed E-state index contributed by atoms with van der Waals surface area (Å²) in [6.45, 7) is 1.51. The molecule has 1 aromatic carbocycles. The van der Waals surface area contributed by atoms with Crippen molar-refractivity contribution in [2.75, 3.05) is 11.9 Å². The van der Waals surface area contributed by atoms with Gasteiger partial charge in [0.2, 0.25) is 0 Å². The molecule has 1 saturated carbocycles. The molecular formula is C14H17Cl2NO. The second-order valence-corrected chi connectivity index (χ2v) is 5.71. The number of Topliss-reactive ketones (excluding diaryl/α,β-unsaturated/α-hetero) is 1. The number of rotatable bonds is 3. The average molecular weight is 286 g/mol. The molecule has 0 heterocycles. The summed E-state index contributed by atoms with van der Waals surface area (Å²) < 4.78 is 0. The summed E-state index contributed by atoms with van der Waals surface area (Å²) in [6, 6.07) is 3.98. The van der Waals surface area contributed by atoms with Crippen LogP contribution in [0.3, 0.4) is 0 Å². The fourth-order valence-corrected chi connectivity index (χ4v) is 3.16. The summed E-state index contributed by atoms with van der Waals surface area (Å²) in [5.41, 5.74) is 1.37. The molecule has 18 heavy (non-hydrogen) atoms. The number of hydrogen-bond acceptors (Lipinski definition) is 2. The molecule has 0 saturated heterocycles. The standard InChI is InChI=1S/C14H17Cl2NO/c1-9(18)12-7-10(15)8-13(14(12)16)17(2)11-5-3-4-6-11/h7-8,11H,3-6H2,1-2H3. The molecule has 0 radical (unpaired) electrons. The van der Waals surface area contributed by atoms with Gasteiger partial charge in [0.25, 0.3) is 0 Å². The zero-order valence-corrected chi connectivity index (χ0v) is 12.2. The highest BCUT2D eigenvalue weighted by Gasteiger charge is 2.23. The van der Waals surface area contributed by atoms with Crippen molar-refractivity contribution in [1.82, 2.24) is 0 Å². The van der Waals surface area contributed by atoms with E-state index in [0.717, 1.165) is 5.69 Å². The highest BCUT2D eigenvalue weighted by molar-refractivity contribution is 6.38. The Bertz CT molecular complexity index is 467. The van der Waals surface area contributed by atoms with Gasteiger partial charge < -0.3 is 4.90 Å². The van der Waals surface area contributed by atoms with Gasteiger partial charge in [0.1, 0.15) is 0 Å². The third kappa shape index (κ3) is 2.65. The number of halogens is 2. The van der Waals surface area contributed by atoms with E-state index < -0.39 is 0 Å². The van der Waals surface area contributed by atoms with Crippen LogP contribution in [0.15, 0.2) is 12.1 Å².